The Balaban J connectivity index is 1.29. The Morgan fingerprint density at radius 1 is 1.17 bits per heavy atom. The van der Waals surface area contributed by atoms with Crippen molar-refractivity contribution in [3.05, 3.63) is 58.0 Å². The lowest BCUT2D eigenvalue weighted by atomic mass is 9.86. The molecule has 0 bridgehead atoms. The van der Waals surface area contributed by atoms with Gasteiger partial charge < -0.3 is 19.5 Å². The number of nitrogens with one attached hydrogen (secondary N) is 1. The van der Waals surface area contributed by atoms with Gasteiger partial charge in [-0.1, -0.05) is 21.1 Å². The van der Waals surface area contributed by atoms with Gasteiger partial charge in [-0.25, -0.2) is 0 Å². The number of rotatable bonds is 4. The molecule has 1 aromatic heterocycles. The van der Waals surface area contributed by atoms with Gasteiger partial charge in [0.05, 0.1) is 6.54 Å². The summed E-state index contributed by atoms with van der Waals surface area (Å²) >= 11 is 3.38. The molecule has 4 rings (SSSR count). The molecule has 1 N–H and O–H groups in total. The third-order valence-corrected chi connectivity index (χ3v) is 5.90. The molecule has 0 aliphatic carbocycles. The number of carbonyl (C=O) groups is 2. The van der Waals surface area contributed by atoms with Gasteiger partial charge in [0.25, 0.3) is 11.8 Å². The Morgan fingerprint density at radius 3 is 2.55 bits per heavy atom. The molecule has 0 atom stereocenters. The lowest BCUT2D eigenvalue weighted by Gasteiger charge is -2.37. The van der Waals surface area contributed by atoms with E-state index in [4.69, 9.17) is 9.25 Å². The molecule has 29 heavy (non-hydrogen) atoms. The van der Waals surface area contributed by atoms with Gasteiger partial charge in [0.2, 0.25) is 0 Å². The first-order valence-corrected chi connectivity index (χ1v) is 10.4. The second kappa shape index (κ2) is 8.02. The first-order valence-electron chi connectivity index (χ1n) is 9.58. The number of piperidine rings is 1. The van der Waals surface area contributed by atoms with Crippen LogP contribution in [0.4, 0.5) is 0 Å². The molecule has 1 aromatic carbocycles. The van der Waals surface area contributed by atoms with Gasteiger partial charge in [-0.2, -0.15) is 0 Å². The van der Waals surface area contributed by atoms with Crippen LogP contribution in [-0.4, -0.2) is 41.1 Å². The molecular weight excluding hydrogens is 438 g/mol. The Kier molecular flexibility index (Phi) is 5.45. The van der Waals surface area contributed by atoms with E-state index in [0.717, 1.165) is 10.2 Å². The Bertz CT molecular complexity index is 943. The standard InChI is InChI=1S/C21H22BrN3O4/c1-14-2-7-17(28-14)13-23-19(26)18-12-21(29-24-18)8-10-25(11-9-21)20(27)15-3-5-16(22)6-4-15/h2-7H,8-13H2,1H3,(H,23,26). The van der Waals surface area contributed by atoms with Gasteiger partial charge in [-0.3, -0.25) is 9.59 Å². The molecule has 2 amide bonds. The van der Waals surface area contributed by atoms with E-state index in [1.54, 1.807) is 0 Å². The van der Waals surface area contributed by atoms with Crippen molar-refractivity contribution in [2.45, 2.75) is 38.3 Å². The summed E-state index contributed by atoms with van der Waals surface area (Å²) in [5.74, 6) is 1.27. The number of furan rings is 1. The quantitative estimate of drug-likeness (QED) is 0.758. The highest BCUT2D eigenvalue weighted by molar-refractivity contribution is 9.10. The van der Waals surface area contributed by atoms with Crippen LogP contribution < -0.4 is 5.32 Å². The fourth-order valence-corrected chi connectivity index (χ4v) is 3.92. The molecular formula is C21H22BrN3O4. The number of oxime groups is 1. The maximum Gasteiger partial charge on any atom is 0.269 e. The first-order chi connectivity index (χ1) is 13.9. The topological polar surface area (TPSA) is 84.1 Å². The third kappa shape index (κ3) is 4.37. The van der Waals surface area contributed by atoms with E-state index in [1.807, 2.05) is 48.2 Å². The number of aryl methyl sites for hydroxylation is 1. The summed E-state index contributed by atoms with van der Waals surface area (Å²) in [5, 5.41) is 6.85. The van der Waals surface area contributed by atoms with E-state index < -0.39 is 5.60 Å². The minimum absolute atomic E-state index is 0.0120. The van der Waals surface area contributed by atoms with E-state index in [1.165, 1.54) is 0 Å². The molecule has 2 aromatic rings. The Hall–Kier alpha value is -2.61. The second-order valence-corrected chi connectivity index (χ2v) is 8.40. The van der Waals surface area contributed by atoms with Crippen LogP contribution in [0.2, 0.25) is 0 Å². The van der Waals surface area contributed by atoms with Gasteiger partial charge >= 0.3 is 0 Å². The maximum atomic E-state index is 12.7. The number of benzene rings is 1. The van der Waals surface area contributed by atoms with Gasteiger partial charge in [-0.05, 0) is 43.3 Å². The van der Waals surface area contributed by atoms with Crippen molar-refractivity contribution < 1.29 is 18.8 Å². The van der Waals surface area contributed by atoms with Crippen LogP contribution in [-0.2, 0) is 16.2 Å². The third-order valence-electron chi connectivity index (χ3n) is 5.37. The highest BCUT2D eigenvalue weighted by Crippen LogP contribution is 2.35. The molecule has 2 aliphatic heterocycles. The number of halogens is 1. The number of hydrogen-bond donors (Lipinski definition) is 1. The molecule has 0 radical (unpaired) electrons. The van der Waals surface area contributed by atoms with E-state index in [-0.39, 0.29) is 11.8 Å². The lowest BCUT2D eigenvalue weighted by molar-refractivity contribution is -0.115. The summed E-state index contributed by atoms with van der Waals surface area (Å²) in [7, 11) is 0. The summed E-state index contributed by atoms with van der Waals surface area (Å²) in [6.45, 7) is 3.32. The zero-order chi connectivity index (χ0) is 20.4. The van der Waals surface area contributed by atoms with Crippen LogP contribution >= 0.6 is 15.9 Å². The summed E-state index contributed by atoms with van der Waals surface area (Å²) in [5.41, 5.74) is 0.562. The summed E-state index contributed by atoms with van der Waals surface area (Å²) < 4.78 is 6.40. The van der Waals surface area contributed by atoms with Gasteiger partial charge in [0.15, 0.2) is 0 Å². The van der Waals surface area contributed by atoms with Crippen molar-refractivity contribution in [3.63, 3.8) is 0 Å². The van der Waals surface area contributed by atoms with Crippen molar-refractivity contribution in [1.82, 2.24) is 10.2 Å². The predicted molar refractivity (Wildman–Crippen MR) is 110 cm³/mol. The van der Waals surface area contributed by atoms with E-state index >= 15 is 0 Å². The van der Waals surface area contributed by atoms with Gasteiger partial charge in [0.1, 0.15) is 22.8 Å². The van der Waals surface area contributed by atoms with Crippen molar-refractivity contribution >= 4 is 33.5 Å². The highest BCUT2D eigenvalue weighted by atomic mass is 79.9. The molecule has 2 aliphatic rings. The number of nitrogens with zero attached hydrogens (tertiary/aromatic N) is 2. The minimum atomic E-state index is -0.496. The minimum Gasteiger partial charge on any atom is -0.465 e. The number of likely N-dealkylation sites (tertiary alicyclic amines) is 1. The molecule has 0 unspecified atom stereocenters. The molecule has 1 spiro atoms. The van der Waals surface area contributed by atoms with Crippen molar-refractivity contribution in [3.8, 4) is 0 Å². The molecule has 3 heterocycles. The molecule has 1 saturated heterocycles. The smallest absolute Gasteiger partial charge is 0.269 e. The van der Waals surface area contributed by atoms with E-state index in [0.29, 0.717) is 55.9 Å². The van der Waals surface area contributed by atoms with Crippen molar-refractivity contribution in [2.24, 2.45) is 5.16 Å². The Morgan fingerprint density at radius 2 is 1.90 bits per heavy atom. The van der Waals surface area contributed by atoms with E-state index in [9.17, 15) is 9.59 Å². The van der Waals surface area contributed by atoms with Crippen LogP contribution in [0.3, 0.4) is 0 Å². The number of amides is 2. The number of carbonyl (C=O) groups excluding carboxylic acids is 2. The zero-order valence-electron chi connectivity index (χ0n) is 16.1. The normalized spacial score (nSPS) is 17.7. The second-order valence-electron chi connectivity index (χ2n) is 7.48. The average molecular weight is 460 g/mol. The van der Waals surface area contributed by atoms with Crippen LogP contribution in [0, 0.1) is 6.92 Å². The van der Waals surface area contributed by atoms with Crippen LogP contribution in [0.25, 0.3) is 0 Å². The first kappa shape index (κ1) is 19.7. The van der Waals surface area contributed by atoms with E-state index in [2.05, 4.69) is 26.4 Å². The van der Waals surface area contributed by atoms with Gasteiger partial charge in [-0.15, -0.1) is 0 Å². The molecule has 152 valence electrons. The molecule has 0 saturated carbocycles. The van der Waals surface area contributed by atoms with Gasteiger partial charge in [0, 0.05) is 42.4 Å². The predicted octanol–water partition coefficient (Wildman–Crippen LogP) is 3.42. The SMILES string of the molecule is Cc1ccc(CNC(=O)C2=NOC3(CCN(C(=O)c4ccc(Br)cc4)CC3)C2)o1. The highest BCUT2D eigenvalue weighted by Gasteiger charge is 2.44. The fourth-order valence-electron chi connectivity index (χ4n) is 3.65. The lowest BCUT2D eigenvalue weighted by Crippen LogP contribution is -2.47. The Labute approximate surface area is 177 Å². The molecule has 1 fully saturated rings. The summed E-state index contributed by atoms with van der Waals surface area (Å²) in [6.07, 6.45) is 1.75. The number of hydrogen-bond acceptors (Lipinski definition) is 5. The zero-order valence-corrected chi connectivity index (χ0v) is 17.7. The monoisotopic (exact) mass is 459 g/mol. The van der Waals surface area contributed by atoms with Crippen LogP contribution in [0.1, 0.15) is 41.1 Å². The van der Waals surface area contributed by atoms with Crippen molar-refractivity contribution in [1.29, 1.82) is 0 Å². The fraction of sp³-hybridized carbons (Fsp3) is 0.381. The molecule has 8 heteroatoms. The summed E-state index contributed by atoms with van der Waals surface area (Å²) in [6, 6.07) is 11.0. The van der Waals surface area contributed by atoms with Crippen LogP contribution in [0.5, 0.6) is 0 Å². The maximum absolute atomic E-state index is 12.7. The summed E-state index contributed by atoms with van der Waals surface area (Å²) in [4.78, 5) is 32.6. The molecule has 7 nitrogen and oxygen atoms in total. The van der Waals surface area contributed by atoms with Crippen LogP contribution in [0.15, 0.2) is 50.4 Å². The largest absolute Gasteiger partial charge is 0.465 e. The van der Waals surface area contributed by atoms with Crippen molar-refractivity contribution in [2.75, 3.05) is 13.1 Å². The average Bonchev–Trinajstić information content (AvgIpc) is 3.33.